The Kier molecular flexibility index (Phi) is 7.95. The Morgan fingerprint density at radius 3 is 1.97 bits per heavy atom. The second-order valence-electron chi connectivity index (χ2n) is 7.81. The van der Waals surface area contributed by atoms with Gasteiger partial charge in [-0.3, -0.25) is 4.79 Å². The van der Waals surface area contributed by atoms with Gasteiger partial charge in [0.05, 0.1) is 32.1 Å². The van der Waals surface area contributed by atoms with Crippen LogP contribution in [-0.2, 0) is 9.47 Å². The summed E-state index contributed by atoms with van der Waals surface area (Å²) in [6.07, 6.45) is 2.83. The van der Waals surface area contributed by atoms with Crippen LogP contribution >= 0.6 is 12.4 Å². The van der Waals surface area contributed by atoms with Gasteiger partial charge in [0.2, 0.25) is 23.8 Å². The van der Waals surface area contributed by atoms with Gasteiger partial charge in [0.15, 0.2) is 5.78 Å². The lowest BCUT2D eigenvalue weighted by molar-refractivity contribution is 0.101. The lowest BCUT2D eigenvalue weighted by Crippen LogP contribution is -2.40. The number of ketones is 1. The van der Waals surface area contributed by atoms with Crippen LogP contribution < -0.4 is 14.7 Å². The Bertz CT molecular complexity index is 1110. The fourth-order valence-corrected chi connectivity index (χ4v) is 3.79. The van der Waals surface area contributed by atoms with E-state index in [1.165, 1.54) is 19.6 Å². The number of anilines is 5. The third-order valence-corrected chi connectivity index (χ3v) is 5.58. The van der Waals surface area contributed by atoms with E-state index in [0.29, 0.717) is 87.7 Å². The summed E-state index contributed by atoms with van der Waals surface area (Å²) in [6, 6.07) is 7.22. The van der Waals surface area contributed by atoms with Crippen molar-refractivity contribution in [1.82, 2.24) is 29.9 Å². The number of benzene rings is 1. The monoisotopic (exact) mass is 499 g/mol. The fourth-order valence-electron chi connectivity index (χ4n) is 3.79. The molecule has 35 heavy (non-hydrogen) atoms. The number of morpholine rings is 2. The fraction of sp³-hybridized carbons (Fsp3) is 0.409. The zero-order valence-corrected chi connectivity index (χ0v) is 20.1. The van der Waals surface area contributed by atoms with E-state index in [1.807, 2.05) is 12.1 Å². The SMILES string of the molecule is CC(=O)c1cccc(N(c2ncncn2)c2nc(N3CCOCC3)nc(N3CCOCC3)n2)c1.Cl. The summed E-state index contributed by atoms with van der Waals surface area (Å²) in [6.45, 7) is 6.65. The van der Waals surface area contributed by atoms with Gasteiger partial charge in [0, 0.05) is 31.7 Å². The summed E-state index contributed by atoms with van der Waals surface area (Å²) in [5.74, 6) is 1.75. The molecule has 0 N–H and O–H groups in total. The molecule has 0 unspecified atom stereocenters. The maximum atomic E-state index is 12.1. The number of nitrogens with zero attached hydrogens (tertiary/aromatic N) is 9. The molecule has 0 amide bonds. The molecule has 0 aliphatic carbocycles. The molecule has 0 saturated carbocycles. The van der Waals surface area contributed by atoms with E-state index in [1.54, 1.807) is 17.0 Å². The highest BCUT2D eigenvalue weighted by Gasteiger charge is 2.25. The number of ether oxygens (including phenoxy) is 2. The van der Waals surface area contributed by atoms with Crippen LogP contribution in [0.1, 0.15) is 17.3 Å². The average molecular weight is 500 g/mol. The minimum absolute atomic E-state index is 0. The zero-order chi connectivity index (χ0) is 23.3. The van der Waals surface area contributed by atoms with Crippen molar-refractivity contribution in [3.8, 4) is 0 Å². The number of hydrogen-bond donors (Lipinski definition) is 0. The van der Waals surface area contributed by atoms with Crippen molar-refractivity contribution in [1.29, 1.82) is 0 Å². The van der Waals surface area contributed by atoms with Crippen molar-refractivity contribution in [2.75, 3.05) is 67.3 Å². The van der Waals surface area contributed by atoms with Crippen LogP contribution in [0.25, 0.3) is 0 Å². The molecule has 2 aliphatic heterocycles. The maximum Gasteiger partial charge on any atom is 0.243 e. The van der Waals surface area contributed by atoms with Crippen molar-refractivity contribution < 1.29 is 14.3 Å². The smallest absolute Gasteiger partial charge is 0.243 e. The predicted molar refractivity (Wildman–Crippen MR) is 131 cm³/mol. The van der Waals surface area contributed by atoms with Gasteiger partial charge in [-0.1, -0.05) is 12.1 Å². The van der Waals surface area contributed by atoms with Gasteiger partial charge >= 0.3 is 0 Å². The highest BCUT2D eigenvalue weighted by atomic mass is 35.5. The van der Waals surface area contributed by atoms with Gasteiger partial charge in [-0.15, -0.1) is 12.4 Å². The molecule has 2 fully saturated rings. The van der Waals surface area contributed by atoms with E-state index >= 15 is 0 Å². The van der Waals surface area contributed by atoms with Gasteiger partial charge in [0.1, 0.15) is 12.7 Å². The minimum atomic E-state index is -0.0453. The molecule has 0 spiro atoms. The van der Waals surface area contributed by atoms with E-state index in [9.17, 15) is 4.79 Å². The zero-order valence-electron chi connectivity index (χ0n) is 19.3. The number of rotatable bonds is 6. The van der Waals surface area contributed by atoms with Crippen molar-refractivity contribution in [2.45, 2.75) is 6.92 Å². The van der Waals surface area contributed by atoms with Gasteiger partial charge in [0.25, 0.3) is 0 Å². The van der Waals surface area contributed by atoms with Crippen molar-refractivity contribution in [2.24, 2.45) is 0 Å². The molecule has 13 heteroatoms. The standard InChI is InChI=1S/C22H25N9O3.ClH/c1-16(32)17-3-2-4-18(13-17)31(19-24-14-23-15-25-19)22-27-20(29-5-9-33-10-6-29)26-21(28-22)30-7-11-34-12-8-30;/h2-4,13-15H,5-12H2,1H3;1H. The molecular formula is C22H26ClN9O3. The summed E-state index contributed by atoms with van der Waals surface area (Å²) in [5.41, 5.74) is 1.22. The van der Waals surface area contributed by atoms with Crippen LogP contribution in [0.3, 0.4) is 0 Å². The van der Waals surface area contributed by atoms with E-state index in [4.69, 9.17) is 24.4 Å². The first kappa shape index (κ1) is 24.6. The van der Waals surface area contributed by atoms with Gasteiger partial charge < -0.3 is 19.3 Å². The van der Waals surface area contributed by atoms with Gasteiger partial charge in [-0.2, -0.15) is 15.0 Å². The summed E-state index contributed by atoms with van der Waals surface area (Å²) in [5, 5.41) is 0. The largest absolute Gasteiger partial charge is 0.378 e. The van der Waals surface area contributed by atoms with E-state index < -0.39 is 0 Å². The molecule has 12 nitrogen and oxygen atoms in total. The lowest BCUT2D eigenvalue weighted by Gasteiger charge is -2.31. The van der Waals surface area contributed by atoms with Crippen molar-refractivity contribution in [3.63, 3.8) is 0 Å². The molecule has 2 saturated heterocycles. The summed E-state index contributed by atoms with van der Waals surface area (Å²) in [4.78, 5) is 45.0. The van der Waals surface area contributed by atoms with Gasteiger partial charge in [-0.05, 0) is 19.1 Å². The maximum absolute atomic E-state index is 12.1. The van der Waals surface area contributed by atoms with Gasteiger partial charge in [-0.25, -0.2) is 19.9 Å². The highest BCUT2D eigenvalue weighted by Crippen LogP contribution is 2.32. The number of hydrogen-bond acceptors (Lipinski definition) is 12. The normalized spacial score (nSPS) is 15.9. The second-order valence-corrected chi connectivity index (χ2v) is 7.81. The average Bonchev–Trinajstić information content (AvgIpc) is 2.90. The molecule has 1 aromatic carbocycles. The number of aromatic nitrogens is 6. The van der Waals surface area contributed by atoms with E-state index in [2.05, 4.69) is 24.8 Å². The molecule has 0 atom stereocenters. The summed E-state index contributed by atoms with van der Waals surface area (Å²) >= 11 is 0. The molecule has 0 radical (unpaired) electrons. The number of carbonyl (C=O) groups is 1. The Labute approximate surface area is 208 Å². The molecule has 4 heterocycles. The van der Waals surface area contributed by atoms with Crippen LogP contribution in [0.15, 0.2) is 36.9 Å². The Morgan fingerprint density at radius 1 is 0.857 bits per heavy atom. The van der Waals surface area contributed by atoms with Crippen molar-refractivity contribution in [3.05, 3.63) is 42.5 Å². The number of halogens is 1. The molecule has 0 bridgehead atoms. The van der Waals surface area contributed by atoms with Crippen molar-refractivity contribution >= 4 is 47.7 Å². The third kappa shape index (κ3) is 5.61. The molecule has 2 aliphatic rings. The molecule has 2 aromatic heterocycles. The second kappa shape index (κ2) is 11.3. The van der Waals surface area contributed by atoms with Crippen LogP contribution in [-0.4, -0.2) is 88.3 Å². The Morgan fingerprint density at radius 2 is 1.43 bits per heavy atom. The quantitative estimate of drug-likeness (QED) is 0.459. The molecule has 3 aromatic rings. The van der Waals surface area contributed by atoms with Crippen LogP contribution in [0.5, 0.6) is 0 Å². The Balaban J connectivity index is 0.00000289. The molecular weight excluding hydrogens is 474 g/mol. The topological polar surface area (TPSA) is 123 Å². The number of carbonyl (C=O) groups excluding carboxylic acids is 1. The Hall–Kier alpha value is -3.48. The van der Waals surface area contributed by atoms with E-state index in [-0.39, 0.29) is 18.2 Å². The van der Waals surface area contributed by atoms with E-state index in [0.717, 1.165) is 0 Å². The summed E-state index contributed by atoms with van der Waals surface area (Å²) in [7, 11) is 0. The number of Topliss-reactive ketones (excluding diaryl/α,β-unsaturated/α-hetero) is 1. The molecule has 184 valence electrons. The predicted octanol–water partition coefficient (Wildman–Crippen LogP) is 1.82. The first-order valence-corrected chi connectivity index (χ1v) is 11.1. The lowest BCUT2D eigenvalue weighted by atomic mass is 10.1. The minimum Gasteiger partial charge on any atom is -0.378 e. The molecule has 5 rings (SSSR count). The highest BCUT2D eigenvalue weighted by molar-refractivity contribution is 5.95. The first-order chi connectivity index (χ1) is 16.7. The third-order valence-electron chi connectivity index (χ3n) is 5.58. The van der Waals surface area contributed by atoms with Crippen LogP contribution in [0.4, 0.5) is 29.5 Å². The first-order valence-electron chi connectivity index (χ1n) is 11.1. The van der Waals surface area contributed by atoms with Crippen LogP contribution in [0, 0.1) is 0 Å². The summed E-state index contributed by atoms with van der Waals surface area (Å²) < 4.78 is 11.0. The van der Waals surface area contributed by atoms with Crippen LogP contribution in [0.2, 0.25) is 0 Å².